The standard InChI is InChI=1S/C14H19N3O/c1-16(2)10-5-3-9(4-6-10)14(18)17-7-11-12(8-17)13(11)15/h3-6,11-13H,7-8,15H2,1-2H3. The molecule has 1 heterocycles. The first kappa shape index (κ1) is 11.5. The molecular weight excluding hydrogens is 226 g/mol. The quantitative estimate of drug-likeness (QED) is 0.837. The van der Waals surface area contributed by atoms with Crippen LogP contribution in [0.3, 0.4) is 0 Å². The summed E-state index contributed by atoms with van der Waals surface area (Å²) in [5.74, 6) is 1.24. The molecule has 2 N–H and O–H groups in total. The summed E-state index contributed by atoms with van der Waals surface area (Å²) in [5.41, 5.74) is 7.77. The number of hydrogen-bond donors (Lipinski definition) is 1. The Morgan fingerprint density at radius 1 is 1.22 bits per heavy atom. The number of anilines is 1. The highest BCUT2D eigenvalue weighted by Gasteiger charge is 2.54. The van der Waals surface area contributed by atoms with Gasteiger partial charge in [-0.15, -0.1) is 0 Å². The molecule has 1 saturated heterocycles. The van der Waals surface area contributed by atoms with Gasteiger partial charge in [-0.1, -0.05) is 0 Å². The van der Waals surface area contributed by atoms with Crippen LogP contribution in [0.4, 0.5) is 5.69 Å². The minimum absolute atomic E-state index is 0.139. The number of hydrogen-bond acceptors (Lipinski definition) is 3. The van der Waals surface area contributed by atoms with Gasteiger partial charge in [0.05, 0.1) is 0 Å². The first-order chi connectivity index (χ1) is 8.58. The lowest BCUT2D eigenvalue weighted by molar-refractivity contribution is 0.0773. The fraction of sp³-hybridized carbons (Fsp3) is 0.500. The normalized spacial score (nSPS) is 29.1. The van der Waals surface area contributed by atoms with E-state index in [9.17, 15) is 4.79 Å². The van der Waals surface area contributed by atoms with Crippen molar-refractivity contribution in [1.29, 1.82) is 0 Å². The van der Waals surface area contributed by atoms with Crippen LogP contribution in [-0.4, -0.2) is 44.0 Å². The number of nitrogens with two attached hydrogens (primary N) is 1. The van der Waals surface area contributed by atoms with Crippen LogP contribution < -0.4 is 10.6 Å². The number of piperidine rings is 1. The van der Waals surface area contributed by atoms with Crippen LogP contribution in [0.25, 0.3) is 0 Å². The molecule has 3 rings (SSSR count). The lowest BCUT2D eigenvalue weighted by Gasteiger charge is -2.19. The van der Waals surface area contributed by atoms with Crippen molar-refractivity contribution in [3.05, 3.63) is 29.8 Å². The number of nitrogens with zero attached hydrogens (tertiary/aromatic N) is 2. The van der Waals surface area contributed by atoms with E-state index in [2.05, 4.69) is 0 Å². The first-order valence-electron chi connectivity index (χ1n) is 6.40. The van der Waals surface area contributed by atoms with Crippen molar-refractivity contribution in [2.45, 2.75) is 6.04 Å². The van der Waals surface area contributed by atoms with Crippen molar-refractivity contribution < 1.29 is 4.79 Å². The summed E-state index contributed by atoms with van der Waals surface area (Å²) in [6, 6.07) is 8.11. The van der Waals surface area contributed by atoms with E-state index >= 15 is 0 Å². The molecule has 96 valence electrons. The van der Waals surface area contributed by atoms with Gasteiger partial charge >= 0.3 is 0 Å². The second kappa shape index (κ2) is 3.99. The Bertz CT molecular complexity index is 456. The summed E-state index contributed by atoms with van der Waals surface area (Å²) < 4.78 is 0. The lowest BCUT2D eigenvalue weighted by atomic mass is 10.1. The highest BCUT2D eigenvalue weighted by molar-refractivity contribution is 5.95. The summed E-state index contributed by atoms with van der Waals surface area (Å²) in [6.45, 7) is 1.67. The predicted octanol–water partition coefficient (Wildman–Crippen LogP) is 0.782. The van der Waals surface area contributed by atoms with Crippen molar-refractivity contribution in [2.75, 3.05) is 32.1 Å². The Kier molecular flexibility index (Phi) is 2.55. The molecule has 2 aliphatic rings. The summed E-state index contributed by atoms with van der Waals surface area (Å²) in [6.07, 6.45) is 0. The number of carbonyl (C=O) groups excluding carboxylic acids is 1. The molecule has 0 radical (unpaired) electrons. The summed E-state index contributed by atoms with van der Waals surface area (Å²) in [5, 5.41) is 0. The second-order valence-corrected chi connectivity index (χ2v) is 5.56. The molecule has 4 heteroatoms. The smallest absolute Gasteiger partial charge is 0.253 e. The number of fused-ring (bicyclic) bond motifs is 1. The molecule has 2 fully saturated rings. The third-order valence-electron chi connectivity index (χ3n) is 4.18. The molecule has 1 aromatic rings. The van der Waals surface area contributed by atoms with Crippen LogP contribution in [0.5, 0.6) is 0 Å². The third kappa shape index (κ3) is 1.77. The van der Waals surface area contributed by atoms with Crippen LogP contribution in [0.15, 0.2) is 24.3 Å². The molecular formula is C14H19N3O. The third-order valence-corrected chi connectivity index (χ3v) is 4.18. The van der Waals surface area contributed by atoms with Gasteiger partial charge in [0.1, 0.15) is 0 Å². The number of likely N-dealkylation sites (tertiary alicyclic amines) is 1. The Labute approximate surface area is 107 Å². The molecule has 1 aliphatic carbocycles. The minimum Gasteiger partial charge on any atom is -0.378 e. The van der Waals surface area contributed by atoms with Gasteiger partial charge in [0.15, 0.2) is 0 Å². The van der Waals surface area contributed by atoms with Crippen LogP contribution in [0, 0.1) is 11.8 Å². The Morgan fingerprint density at radius 3 is 2.28 bits per heavy atom. The molecule has 1 aromatic carbocycles. The molecule has 0 spiro atoms. The number of rotatable bonds is 2. The molecule has 1 aliphatic heterocycles. The Morgan fingerprint density at radius 2 is 1.78 bits per heavy atom. The van der Waals surface area contributed by atoms with Crippen LogP contribution >= 0.6 is 0 Å². The highest BCUT2D eigenvalue weighted by atomic mass is 16.2. The number of amides is 1. The molecule has 18 heavy (non-hydrogen) atoms. The van der Waals surface area contributed by atoms with Crippen LogP contribution in [0.1, 0.15) is 10.4 Å². The van der Waals surface area contributed by atoms with Gasteiger partial charge in [-0.05, 0) is 36.1 Å². The molecule has 2 unspecified atom stereocenters. The van der Waals surface area contributed by atoms with Gasteiger partial charge in [0, 0.05) is 44.5 Å². The van der Waals surface area contributed by atoms with Gasteiger partial charge in [-0.25, -0.2) is 0 Å². The van der Waals surface area contributed by atoms with Crippen molar-refractivity contribution in [2.24, 2.45) is 17.6 Å². The van der Waals surface area contributed by atoms with Gasteiger partial charge < -0.3 is 15.5 Å². The average Bonchev–Trinajstić information content (AvgIpc) is 2.81. The topological polar surface area (TPSA) is 49.6 Å². The average molecular weight is 245 g/mol. The van der Waals surface area contributed by atoms with E-state index in [1.807, 2.05) is 48.2 Å². The fourth-order valence-electron chi connectivity index (χ4n) is 2.82. The number of benzene rings is 1. The predicted molar refractivity (Wildman–Crippen MR) is 71.6 cm³/mol. The maximum Gasteiger partial charge on any atom is 0.253 e. The number of carbonyl (C=O) groups is 1. The van der Waals surface area contributed by atoms with E-state index in [4.69, 9.17) is 5.73 Å². The zero-order valence-electron chi connectivity index (χ0n) is 10.8. The van der Waals surface area contributed by atoms with Gasteiger partial charge in [-0.2, -0.15) is 0 Å². The minimum atomic E-state index is 0.139. The van der Waals surface area contributed by atoms with Crippen molar-refractivity contribution in [3.63, 3.8) is 0 Å². The highest BCUT2D eigenvalue weighted by Crippen LogP contribution is 2.44. The lowest BCUT2D eigenvalue weighted by Crippen LogP contribution is -2.33. The fourth-order valence-corrected chi connectivity index (χ4v) is 2.82. The monoisotopic (exact) mass is 245 g/mol. The van der Waals surface area contributed by atoms with E-state index in [-0.39, 0.29) is 5.91 Å². The van der Waals surface area contributed by atoms with E-state index in [0.717, 1.165) is 24.3 Å². The van der Waals surface area contributed by atoms with E-state index < -0.39 is 0 Å². The summed E-state index contributed by atoms with van der Waals surface area (Å²) in [7, 11) is 3.98. The maximum absolute atomic E-state index is 12.3. The van der Waals surface area contributed by atoms with Crippen LogP contribution in [-0.2, 0) is 0 Å². The molecule has 0 bridgehead atoms. The Hall–Kier alpha value is -1.55. The second-order valence-electron chi connectivity index (χ2n) is 5.56. The molecule has 1 amide bonds. The van der Waals surface area contributed by atoms with Gasteiger partial charge in [-0.3, -0.25) is 4.79 Å². The van der Waals surface area contributed by atoms with Crippen molar-refractivity contribution in [1.82, 2.24) is 4.90 Å². The Balaban J connectivity index is 1.69. The summed E-state index contributed by atoms with van der Waals surface area (Å²) >= 11 is 0. The summed E-state index contributed by atoms with van der Waals surface area (Å²) in [4.78, 5) is 16.2. The van der Waals surface area contributed by atoms with Crippen LogP contribution in [0.2, 0.25) is 0 Å². The first-order valence-corrected chi connectivity index (χ1v) is 6.40. The molecule has 4 nitrogen and oxygen atoms in total. The van der Waals surface area contributed by atoms with Crippen molar-refractivity contribution >= 4 is 11.6 Å². The van der Waals surface area contributed by atoms with Gasteiger partial charge in [0.25, 0.3) is 5.91 Å². The zero-order chi connectivity index (χ0) is 12.9. The largest absolute Gasteiger partial charge is 0.378 e. The molecule has 1 saturated carbocycles. The van der Waals surface area contributed by atoms with E-state index in [0.29, 0.717) is 17.9 Å². The zero-order valence-corrected chi connectivity index (χ0v) is 10.8. The van der Waals surface area contributed by atoms with E-state index in [1.54, 1.807) is 0 Å². The molecule has 2 atom stereocenters. The SMILES string of the molecule is CN(C)c1ccc(C(=O)N2CC3C(N)C3C2)cc1. The van der Waals surface area contributed by atoms with Gasteiger partial charge in [0.2, 0.25) is 0 Å². The van der Waals surface area contributed by atoms with Crippen molar-refractivity contribution in [3.8, 4) is 0 Å². The maximum atomic E-state index is 12.3. The van der Waals surface area contributed by atoms with E-state index in [1.165, 1.54) is 0 Å². The molecule has 0 aromatic heterocycles.